The SMILES string of the molecule is ClCCN(Cc1ccnc2ccccc12)C1CCC1. The molecule has 0 amide bonds. The topological polar surface area (TPSA) is 16.1 Å². The first-order valence-corrected chi connectivity index (χ1v) is 7.54. The van der Waals surface area contributed by atoms with Crippen LogP contribution in [0.5, 0.6) is 0 Å². The Balaban J connectivity index is 1.86. The van der Waals surface area contributed by atoms with Crippen molar-refractivity contribution in [1.82, 2.24) is 9.88 Å². The van der Waals surface area contributed by atoms with E-state index in [4.69, 9.17) is 11.6 Å². The number of benzene rings is 1. The number of para-hydroxylation sites is 1. The van der Waals surface area contributed by atoms with Crippen LogP contribution in [0.3, 0.4) is 0 Å². The van der Waals surface area contributed by atoms with Gasteiger partial charge in [0.15, 0.2) is 0 Å². The maximum atomic E-state index is 5.95. The van der Waals surface area contributed by atoms with Crippen LogP contribution >= 0.6 is 11.6 Å². The summed E-state index contributed by atoms with van der Waals surface area (Å²) in [7, 11) is 0. The molecule has 1 aliphatic carbocycles. The highest BCUT2D eigenvalue weighted by Crippen LogP contribution is 2.27. The highest BCUT2D eigenvalue weighted by molar-refractivity contribution is 6.18. The summed E-state index contributed by atoms with van der Waals surface area (Å²) in [5, 5.41) is 1.27. The summed E-state index contributed by atoms with van der Waals surface area (Å²) < 4.78 is 0. The maximum absolute atomic E-state index is 5.95. The lowest BCUT2D eigenvalue weighted by atomic mass is 9.91. The molecule has 19 heavy (non-hydrogen) atoms. The first-order valence-electron chi connectivity index (χ1n) is 7.01. The summed E-state index contributed by atoms with van der Waals surface area (Å²) in [5.41, 5.74) is 2.45. The summed E-state index contributed by atoms with van der Waals surface area (Å²) in [6.45, 7) is 1.96. The van der Waals surface area contributed by atoms with Crippen LogP contribution in [0.1, 0.15) is 24.8 Å². The molecule has 1 heterocycles. The molecule has 0 aliphatic heterocycles. The summed E-state index contributed by atoms with van der Waals surface area (Å²) >= 11 is 5.95. The molecule has 0 saturated heterocycles. The zero-order chi connectivity index (χ0) is 13.1. The van der Waals surface area contributed by atoms with Crippen molar-refractivity contribution in [2.45, 2.75) is 31.8 Å². The molecule has 3 heteroatoms. The lowest BCUT2D eigenvalue weighted by Gasteiger charge is -2.37. The Labute approximate surface area is 119 Å². The Morgan fingerprint density at radius 1 is 1.21 bits per heavy atom. The molecule has 0 radical (unpaired) electrons. The molecule has 1 fully saturated rings. The average molecular weight is 275 g/mol. The van der Waals surface area contributed by atoms with Crippen LogP contribution in [-0.4, -0.2) is 28.4 Å². The summed E-state index contributed by atoms with van der Waals surface area (Å²) in [4.78, 5) is 6.96. The Kier molecular flexibility index (Phi) is 4.00. The second kappa shape index (κ2) is 5.89. The molecule has 3 rings (SSSR count). The van der Waals surface area contributed by atoms with E-state index in [-0.39, 0.29) is 0 Å². The van der Waals surface area contributed by atoms with Gasteiger partial charge in [-0.2, -0.15) is 0 Å². The summed E-state index contributed by atoms with van der Waals surface area (Å²) in [6, 6.07) is 11.2. The number of rotatable bonds is 5. The fourth-order valence-corrected chi connectivity index (χ4v) is 2.98. The molecular weight excluding hydrogens is 256 g/mol. The van der Waals surface area contributed by atoms with Gasteiger partial charge in [-0.25, -0.2) is 0 Å². The van der Waals surface area contributed by atoms with Crippen molar-refractivity contribution in [3.05, 3.63) is 42.1 Å². The van der Waals surface area contributed by atoms with Crippen molar-refractivity contribution in [2.75, 3.05) is 12.4 Å². The fraction of sp³-hybridized carbons (Fsp3) is 0.438. The van der Waals surface area contributed by atoms with Crippen molar-refractivity contribution in [2.24, 2.45) is 0 Å². The van der Waals surface area contributed by atoms with E-state index < -0.39 is 0 Å². The highest BCUT2D eigenvalue weighted by Gasteiger charge is 2.24. The smallest absolute Gasteiger partial charge is 0.0705 e. The molecule has 0 bridgehead atoms. The molecule has 2 nitrogen and oxygen atoms in total. The first-order chi connectivity index (χ1) is 9.38. The van der Waals surface area contributed by atoms with Crippen LogP contribution in [0.25, 0.3) is 10.9 Å². The van der Waals surface area contributed by atoms with Gasteiger partial charge in [-0.3, -0.25) is 9.88 Å². The summed E-state index contributed by atoms with van der Waals surface area (Å²) in [6.07, 6.45) is 5.91. The fourth-order valence-electron chi connectivity index (χ4n) is 2.76. The molecule has 1 aromatic carbocycles. The van der Waals surface area contributed by atoms with Gasteiger partial charge in [-0.15, -0.1) is 11.6 Å². The molecule has 2 aromatic rings. The van der Waals surface area contributed by atoms with Crippen LogP contribution in [0.4, 0.5) is 0 Å². The van der Waals surface area contributed by atoms with Crippen molar-refractivity contribution in [3.63, 3.8) is 0 Å². The van der Waals surface area contributed by atoms with Gasteiger partial charge in [0.2, 0.25) is 0 Å². The van der Waals surface area contributed by atoms with Gasteiger partial charge in [-0.1, -0.05) is 24.6 Å². The van der Waals surface area contributed by atoms with E-state index >= 15 is 0 Å². The van der Waals surface area contributed by atoms with E-state index in [1.54, 1.807) is 0 Å². The van der Waals surface area contributed by atoms with Crippen LogP contribution in [0.2, 0.25) is 0 Å². The third-order valence-electron chi connectivity index (χ3n) is 4.08. The first kappa shape index (κ1) is 12.9. The molecule has 100 valence electrons. The predicted octanol–water partition coefficient (Wildman–Crippen LogP) is 3.83. The van der Waals surface area contributed by atoms with Crippen molar-refractivity contribution in [1.29, 1.82) is 0 Å². The Bertz CT molecular complexity index is 546. The van der Waals surface area contributed by atoms with E-state index in [0.717, 1.165) is 24.6 Å². The van der Waals surface area contributed by atoms with E-state index in [0.29, 0.717) is 5.88 Å². The number of hydrogen-bond donors (Lipinski definition) is 0. The lowest BCUT2D eigenvalue weighted by Crippen LogP contribution is -2.40. The monoisotopic (exact) mass is 274 g/mol. The van der Waals surface area contributed by atoms with Gasteiger partial charge in [-0.05, 0) is 30.5 Å². The quantitative estimate of drug-likeness (QED) is 0.771. The molecule has 0 spiro atoms. The molecule has 0 unspecified atom stereocenters. The van der Waals surface area contributed by atoms with E-state index in [1.165, 1.54) is 30.2 Å². The normalized spacial score (nSPS) is 15.9. The molecule has 1 saturated carbocycles. The third kappa shape index (κ3) is 2.75. The largest absolute Gasteiger partial charge is 0.295 e. The molecule has 0 atom stereocenters. The Morgan fingerprint density at radius 3 is 2.79 bits per heavy atom. The number of hydrogen-bond acceptors (Lipinski definition) is 2. The van der Waals surface area contributed by atoms with E-state index in [9.17, 15) is 0 Å². The predicted molar refractivity (Wildman–Crippen MR) is 80.5 cm³/mol. The third-order valence-corrected chi connectivity index (χ3v) is 4.24. The minimum atomic E-state index is 0.708. The molecule has 1 aromatic heterocycles. The van der Waals surface area contributed by atoms with Gasteiger partial charge in [0.05, 0.1) is 5.52 Å². The standard InChI is InChI=1S/C16H19ClN2/c17-9-11-19(14-4-3-5-14)12-13-8-10-18-16-7-2-1-6-15(13)16/h1-2,6-8,10,14H,3-5,9,11-12H2. The van der Waals surface area contributed by atoms with Gasteiger partial charge < -0.3 is 0 Å². The second-order valence-electron chi connectivity index (χ2n) is 5.23. The number of pyridine rings is 1. The van der Waals surface area contributed by atoms with Gasteiger partial charge in [0, 0.05) is 36.6 Å². The van der Waals surface area contributed by atoms with Gasteiger partial charge in [0.25, 0.3) is 0 Å². The zero-order valence-electron chi connectivity index (χ0n) is 11.1. The average Bonchev–Trinajstić information content (AvgIpc) is 2.37. The number of halogens is 1. The Morgan fingerprint density at radius 2 is 2.05 bits per heavy atom. The minimum Gasteiger partial charge on any atom is -0.295 e. The number of alkyl halides is 1. The lowest BCUT2D eigenvalue weighted by molar-refractivity contribution is 0.128. The van der Waals surface area contributed by atoms with Crippen LogP contribution in [-0.2, 0) is 6.54 Å². The minimum absolute atomic E-state index is 0.708. The number of aromatic nitrogens is 1. The zero-order valence-corrected chi connectivity index (χ0v) is 11.8. The van der Waals surface area contributed by atoms with Gasteiger partial charge >= 0.3 is 0 Å². The van der Waals surface area contributed by atoms with E-state index in [2.05, 4.69) is 34.1 Å². The highest BCUT2D eigenvalue weighted by atomic mass is 35.5. The summed E-state index contributed by atoms with van der Waals surface area (Å²) in [5.74, 6) is 0.708. The molecule has 0 N–H and O–H groups in total. The number of fused-ring (bicyclic) bond motifs is 1. The van der Waals surface area contributed by atoms with Gasteiger partial charge in [0.1, 0.15) is 0 Å². The number of nitrogens with zero attached hydrogens (tertiary/aromatic N) is 2. The van der Waals surface area contributed by atoms with E-state index in [1.807, 2.05) is 12.3 Å². The van der Waals surface area contributed by atoms with Crippen LogP contribution in [0, 0.1) is 0 Å². The Hall–Kier alpha value is -1.12. The molecule has 1 aliphatic rings. The van der Waals surface area contributed by atoms with Crippen molar-refractivity contribution in [3.8, 4) is 0 Å². The van der Waals surface area contributed by atoms with Crippen molar-refractivity contribution < 1.29 is 0 Å². The molecular formula is C16H19ClN2. The second-order valence-corrected chi connectivity index (χ2v) is 5.61. The van der Waals surface area contributed by atoms with Crippen LogP contribution in [0.15, 0.2) is 36.5 Å². The van der Waals surface area contributed by atoms with Crippen molar-refractivity contribution >= 4 is 22.5 Å². The van der Waals surface area contributed by atoms with Crippen LogP contribution < -0.4 is 0 Å². The maximum Gasteiger partial charge on any atom is 0.0705 e.